The van der Waals surface area contributed by atoms with Gasteiger partial charge in [-0.25, -0.2) is 15.8 Å². The van der Waals surface area contributed by atoms with Gasteiger partial charge >= 0.3 is 0 Å². The highest BCUT2D eigenvalue weighted by Crippen LogP contribution is 2.47. The predicted octanol–water partition coefficient (Wildman–Crippen LogP) is 11.5. The van der Waals surface area contributed by atoms with Gasteiger partial charge in [-0.1, -0.05) is 15.1 Å². The number of hydrogen-bond donors (Lipinski definition) is 7. The molecule has 22 heteroatoms. The van der Waals surface area contributed by atoms with Crippen molar-refractivity contribution in [2.75, 3.05) is 5.73 Å². The fourth-order valence-electron chi connectivity index (χ4n) is 5.00. The largest absolute Gasteiger partial charge is 0.506 e. The van der Waals surface area contributed by atoms with Crippen LogP contribution in [-0.2, 0) is 28.1 Å². The minimum Gasteiger partial charge on any atom is -0.506 e. The zero-order chi connectivity index (χ0) is 38.9. The average Bonchev–Trinajstić information content (AvgIpc) is 3.18. The molecule has 0 saturated heterocycles. The fourth-order valence-corrected chi connectivity index (χ4v) is 6.35. The van der Waals surface area contributed by atoms with Crippen molar-refractivity contribution in [2.24, 2.45) is 30.7 Å². The third kappa shape index (κ3) is 9.43. The highest BCUT2D eigenvalue weighted by molar-refractivity contribution is 7.95. The number of phenols is 3. The lowest BCUT2D eigenvalue weighted by molar-refractivity contribution is -0.432. The Kier molecular flexibility index (Phi) is 13.0. The summed E-state index contributed by atoms with van der Waals surface area (Å²) in [5.74, 6) is -0.848. The molecule has 0 saturated carbocycles. The number of benzene rings is 6. The molecule has 0 amide bonds. The maximum absolute atomic E-state index is 11.3. The quantitative estimate of drug-likeness (QED) is 0.0167. The first-order valence-corrected chi connectivity index (χ1v) is 17.4. The number of nitrogens with zero attached hydrogens (tertiary/aromatic N) is 6. The van der Waals surface area contributed by atoms with Crippen molar-refractivity contribution < 1.29 is 59.2 Å². The molecule has 0 bridgehead atoms. The van der Waals surface area contributed by atoms with Gasteiger partial charge < -0.3 is 21.1 Å². The molecule has 0 atom stereocenters. The van der Waals surface area contributed by atoms with Crippen LogP contribution in [-0.4, -0.2) is 31.1 Å². The second-order valence-electron chi connectivity index (χ2n) is 10.9. The highest BCUT2D eigenvalue weighted by Gasteiger charge is 2.18. The molecule has 0 radical (unpaired) electrons. The number of fused-ring (bicyclic) bond motifs is 2. The molecule has 0 aliphatic carbocycles. The standard InChI is InChI=1S/C33H25N7O12S3/c1-16-10-26(27(41)15-25(16)37-35-20-3-6-22(7-4-20)53-50-47-44)38-40-31-29(55-52-49-46)14-18-12-21(5-9-24(18)33(31)43)36-39-30-28(54-51-48-45)13-17-11-19(34)2-8-23(17)32(30)42/h2-15,41-46H,34H2,1H3. The van der Waals surface area contributed by atoms with E-state index in [4.69, 9.17) is 21.5 Å². The predicted molar refractivity (Wildman–Crippen MR) is 199 cm³/mol. The first-order chi connectivity index (χ1) is 26.7. The molecule has 6 rings (SSSR count). The molecule has 0 spiro atoms. The zero-order valence-corrected chi connectivity index (χ0v) is 30.2. The van der Waals surface area contributed by atoms with Crippen molar-refractivity contribution in [3.63, 3.8) is 0 Å². The molecule has 0 fully saturated rings. The molecule has 19 nitrogen and oxygen atoms in total. The van der Waals surface area contributed by atoms with Crippen molar-refractivity contribution in [1.82, 2.24) is 0 Å². The van der Waals surface area contributed by atoms with Gasteiger partial charge in [0.05, 0.1) is 63.0 Å². The Hall–Kier alpha value is -5.47. The van der Waals surface area contributed by atoms with E-state index in [1.165, 1.54) is 12.1 Å². The lowest BCUT2D eigenvalue weighted by Crippen LogP contribution is -1.86. The molecule has 6 aromatic carbocycles. The number of hydrogen-bond acceptors (Lipinski definition) is 22. The molecular formula is C33H25N7O12S3. The van der Waals surface area contributed by atoms with E-state index in [-0.39, 0.29) is 44.1 Å². The van der Waals surface area contributed by atoms with Crippen LogP contribution in [0.25, 0.3) is 21.5 Å². The van der Waals surface area contributed by atoms with Gasteiger partial charge in [-0.3, -0.25) is 0 Å². The molecule has 55 heavy (non-hydrogen) atoms. The van der Waals surface area contributed by atoms with Gasteiger partial charge in [0.2, 0.25) is 0 Å². The van der Waals surface area contributed by atoms with Crippen LogP contribution in [0.2, 0.25) is 0 Å². The summed E-state index contributed by atoms with van der Waals surface area (Å²) in [4.78, 5) is 1.02. The summed E-state index contributed by atoms with van der Waals surface area (Å²) in [6.07, 6.45) is 0. The summed E-state index contributed by atoms with van der Waals surface area (Å²) >= 11 is 1.89. The first kappa shape index (κ1) is 39.2. The van der Waals surface area contributed by atoms with Gasteiger partial charge in [0.25, 0.3) is 0 Å². The number of aromatic hydroxyl groups is 3. The Morgan fingerprint density at radius 2 is 1.05 bits per heavy atom. The van der Waals surface area contributed by atoms with E-state index in [0.29, 0.717) is 78.8 Å². The van der Waals surface area contributed by atoms with Gasteiger partial charge in [0.1, 0.15) is 22.8 Å². The molecule has 0 aliphatic rings. The second-order valence-corrected chi connectivity index (χ2v) is 13.2. The Labute approximate surface area is 321 Å². The molecule has 0 aromatic heterocycles. The summed E-state index contributed by atoms with van der Waals surface area (Å²) in [5, 5.41) is 96.9. The number of rotatable bonds is 15. The number of phenolic OH excluding ortho intramolecular Hbond substituents is 3. The van der Waals surface area contributed by atoms with Crippen molar-refractivity contribution in [1.29, 1.82) is 0 Å². The summed E-state index contributed by atoms with van der Waals surface area (Å²) < 4.78 is 13.6. The van der Waals surface area contributed by atoms with E-state index in [9.17, 15) is 15.3 Å². The Balaban J connectivity index is 1.28. The molecule has 6 aromatic rings. The van der Waals surface area contributed by atoms with E-state index >= 15 is 0 Å². The Morgan fingerprint density at radius 3 is 1.69 bits per heavy atom. The summed E-state index contributed by atoms with van der Waals surface area (Å²) in [6.45, 7) is 1.73. The second kappa shape index (κ2) is 18.2. The lowest BCUT2D eigenvalue weighted by Gasteiger charge is -2.10. The monoisotopic (exact) mass is 807 g/mol. The maximum Gasteiger partial charge on any atom is 0.152 e. The van der Waals surface area contributed by atoms with Crippen molar-refractivity contribution in [3.05, 3.63) is 90.5 Å². The minimum atomic E-state index is -0.332. The van der Waals surface area contributed by atoms with E-state index in [1.807, 2.05) is 0 Å². The average molecular weight is 808 g/mol. The minimum absolute atomic E-state index is 0.00400. The third-order valence-electron chi connectivity index (χ3n) is 7.50. The van der Waals surface area contributed by atoms with E-state index < -0.39 is 0 Å². The highest BCUT2D eigenvalue weighted by atomic mass is 32.2. The van der Waals surface area contributed by atoms with Crippen LogP contribution in [0.15, 0.2) is 130 Å². The molecule has 0 unspecified atom stereocenters. The third-order valence-corrected chi connectivity index (χ3v) is 9.34. The van der Waals surface area contributed by atoms with Crippen LogP contribution in [0.3, 0.4) is 0 Å². The summed E-state index contributed by atoms with van der Waals surface area (Å²) in [7, 11) is 0. The molecule has 0 heterocycles. The van der Waals surface area contributed by atoms with Gasteiger partial charge in [0.15, 0.2) is 11.5 Å². The number of nitrogen functional groups attached to an aromatic ring is 1. The van der Waals surface area contributed by atoms with Crippen LogP contribution in [0.4, 0.5) is 39.8 Å². The van der Waals surface area contributed by atoms with Crippen molar-refractivity contribution in [2.45, 2.75) is 21.6 Å². The number of aryl methyl sites for hydroxylation is 1. The topological polar surface area (TPSA) is 277 Å². The molecule has 8 N–H and O–H groups in total. The fraction of sp³-hybridized carbons (Fsp3) is 0.0303. The van der Waals surface area contributed by atoms with Crippen LogP contribution >= 0.6 is 36.1 Å². The van der Waals surface area contributed by atoms with Gasteiger partial charge in [-0.2, -0.15) is 15.3 Å². The zero-order valence-electron chi connectivity index (χ0n) is 27.7. The van der Waals surface area contributed by atoms with Gasteiger partial charge in [-0.05, 0) is 102 Å². The van der Waals surface area contributed by atoms with Crippen LogP contribution in [0.5, 0.6) is 17.2 Å². The Morgan fingerprint density at radius 1 is 0.527 bits per heavy atom. The Bertz CT molecular complexity index is 2440. The first-order valence-electron chi connectivity index (χ1n) is 15.2. The number of nitrogens with two attached hydrogens (primary N) is 1. The maximum atomic E-state index is 11.3. The summed E-state index contributed by atoms with van der Waals surface area (Å²) in [6, 6.07) is 22.2. The molecule has 0 aliphatic heterocycles. The number of anilines is 1. The van der Waals surface area contributed by atoms with Crippen molar-refractivity contribution in [3.8, 4) is 17.2 Å². The molecular weight excluding hydrogens is 783 g/mol. The smallest absolute Gasteiger partial charge is 0.152 e. The lowest BCUT2D eigenvalue weighted by atomic mass is 10.1. The summed E-state index contributed by atoms with van der Waals surface area (Å²) in [5.41, 5.74) is 8.04. The van der Waals surface area contributed by atoms with E-state index in [1.54, 1.807) is 79.7 Å². The van der Waals surface area contributed by atoms with E-state index in [0.717, 1.165) is 12.0 Å². The van der Waals surface area contributed by atoms with Gasteiger partial charge in [0, 0.05) is 27.4 Å². The van der Waals surface area contributed by atoms with Crippen LogP contribution in [0.1, 0.15) is 5.56 Å². The SMILES string of the molecule is Cc1cc(N=Nc2c(SOOO)cc3cc(N=Nc4c(SOOO)cc5cc(N)ccc5c4O)ccc3c2O)c(O)cc1N=Nc1ccc(SOOO)cc1. The number of azo groups is 3. The van der Waals surface area contributed by atoms with Gasteiger partial charge in [-0.15, -0.1) is 28.3 Å². The van der Waals surface area contributed by atoms with Crippen molar-refractivity contribution >= 4 is 97.5 Å². The van der Waals surface area contributed by atoms with Crippen LogP contribution in [0, 0.1) is 6.92 Å². The normalized spacial score (nSPS) is 12.0. The van der Waals surface area contributed by atoms with E-state index in [2.05, 4.69) is 58.8 Å². The van der Waals surface area contributed by atoms with Crippen LogP contribution < -0.4 is 5.73 Å². The molecule has 282 valence electrons.